The quantitative estimate of drug-likeness (QED) is 0.179. The molecule has 0 aliphatic heterocycles. The first kappa shape index (κ1) is 26.7. The van der Waals surface area contributed by atoms with Gasteiger partial charge in [-0.05, 0) is 12.8 Å². The van der Waals surface area contributed by atoms with E-state index in [0.717, 1.165) is 25.3 Å². The van der Waals surface area contributed by atoms with Gasteiger partial charge in [-0.25, -0.2) is 9.59 Å². The molecule has 0 heterocycles. The number of carbonyl (C=O) groups is 2. The molecule has 0 amide bonds. The van der Waals surface area contributed by atoms with E-state index in [-0.39, 0.29) is 26.7 Å². The van der Waals surface area contributed by atoms with Crippen LogP contribution in [0.5, 0.6) is 0 Å². The van der Waals surface area contributed by atoms with Crippen LogP contribution in [0.1, 0.15) is 91.4 Å². The predicted molar refractivity (Wildman–Crippen MR) is 107 cm³/mol. The number of rotatable bonds is 15. The molecule has 0 atom stereocenters. The van der Waals surface area contributed by atoms with Crippen molar-refractivity contribution in [2.75, 3.05) is 0 Å². The van der Waals surface area contributed by atoms with Crippen molar-refractivity contribution in [3.8, 4) is 0 Å². The maximum atomic E-state index is 10.7. The van der Waals surface area contributed by atoms with Gasteiger partial charge in [0.05, 0.1) is 0 Å². The fourth-order valence-electron chi connectivity index (χ4n) is 2.21. The summed E-state index contributed by atoms with van der Waals surface area (Å²) in [5.74, 6) is -2.32. The van der Waals surface area contributed by atoms with Crippen LogP contribution in [0.25, 0.3) is 0 Å². The van der Waals surface area contributed by atoms with E-state index in [9.17, 15) is 9.59 Å². The van der Waals surface area contributed by atoms with Gasteiger partial charge in [-0.15, -0.1) is 0 Å². The van der Waals surface area contributed by atoms with Gasteiger partial charge in [0.1, 0.15) is 0 Å². The number of unbranched alkanes of at least 4 members (excludes halogenated alkanes) is 7. The summed E-state index contributed by atoms with van der Waals surface area (Å²) in [7, 11) is 0. The van der Waals surface area contributed by atoms with Gasteiger partial charge in [0.25, 0.3) is 0 Å². The van der Waals surface area contributed by atoms with Gasteiger partial charge in [-0.1, -0.05) is 39.0 Å². The van der Waals surface area contributed by atoms with Gasteiger partial charge in [-0.2, -0.15) is 0 Å². The van der Waals surface area contributed by atoms with Gasteiger partial charge < -0.3 is 10.2 Å². The number of carboxylic acids is 2. The van der Waals surface area contributed by atoms with Crippen LogP contribution in [0.15, 0.2) is 11.6 Å². The normalized spacial score (nSPS) is 10.9. The molecular formula is C20H38O4Sn. The maximum absolute atomic E-state index is 10.7. The number of aliphatic carboxylic acids is 2. The molecule has 0 saturated heterocycles. The van der Waals surface area contributed by atoms with Gasteiger partial charge in [0, 0.05) is 11.6 Å². The van der Waals surface area contributed by atoms with Gasteiger partial charge in [0.15, 0.2) is 0 Å². The summed E-state index contributed by atoms with van der Waals surface area (Å²) >= 11 is 0.149. The Labute approximate surface area is 164 Å². The van der Waals surface area contributed by atoms with Crippen LogP contribution < -0.4 is 0 Å². The third-order valence-corrected chi connectivity index (χ3v) is 7.82. The molecule has 4 nitrogen and oxygen atoms in total. The van der Waals surface area contributed by atoms with E-state index in [1.54, 1.807) is 8.87 Å². The fourth-order valence-corrected chi connectivity index (χ4v) is 6.37. The standard InChI is InChI=1S/C12H20O4.2C4H9.Sn/c1-2-3-4-5-6-7-8-10(12(15)16)9-11(13)14;2*1-3-4-2;/h9H,2-8H2,1H3,(H,13,14)(H,15,16);2*1,3-4H2,2H3;/b10-9-;;;. The summed E-state index contributed by atoms with van der Waals surface area (Å²) in [4.78, 5) is 21.0. The van der Waals surface area contributed by atoms with Crippen molar-refractivity contribution in [3.05, 3.63) is 11.6 Å². The molecule has 0 spiro atoms. The molecular weight excluding hydrogens is 423 g/mol. The van der Waals surface area contributed by atoms with Crippen LogP contribution in [0, 0.1) is 0 Å². The van der Waals surface area contributed by atoms with Crippen LogP contribution >= 0.6 is 0 Å². The van der Waals surface area contributed by atoms with Crippen molar-refractivity contribution < 1.29 is 19.8 Å². The molecule has 2 radical (unpaired) electrons. The van der Waals surface area contributed by atoms with Gasteiger partial charge >= 0.3 is 81.5 Å². The molecule has 0 aromatic heterocycles. The van der Waals surface area contributed by atoms with E-state index in [1.807, 2.05) is 0 Å². The van der Waals surface area contributed by atoms with Crippen molar-refractivity contribution in [1.82, 2.24) is 0 Å². The second kappa shape index (κ2) is 21.5. The minimum atomic E-state index is -1.19. The molecule has 0 fully saturated rings. The number of carboxylic acid groups (broad SMARTS) is 2. The Balaban J connectivity index is 0. The molecule has 5 heteroatoms. The van der Waals surface area contributed by atoms with Crippen LogP contribution in [0.2, 0.25) is 8.87 Å². The third kappa shape index (κ3) is 23.5. The molecule has 0 aromatic rings. The number of hydrogen-bond donors (Lipinski definition) is 2. The first-order chi connectivity index (χ1) is 12.0. The second-order valence-electron chi connectivity index (χ2n) is 6.29. The first-order valence-corrected chi connectivity index (χ1v) is 13.9. The Bertz CT molecular complexity index is 348. The van der Waals surface area contributed by atoms with E-state index in [2.05, 4.69) is 20.8 Å². The fraction of sp³-hybridized carbons (Fsp3) is 0.800. The molecule has 0 saturated carbocycles. The Morgan fingerprint density at radius 1 is 0.760 bits per heavy atom. The van der Waals surface area contributed by atoms with Crippen molar-refractivity contribution >= 4 is 33.1 Å². The van der Waals surface area contributed by atoms with Crippen LogP contribution in [-0.2, 0) is 9.59 Å². The molecule has 0 unspecified atom stereocenters. The van der Waals surface area contributed by atoms with Crippen LogP contribution in [-0.4, -0.2) is 43.3 Å². The summed E-state index contributed by atoms with van der Waals surface area (Å²) in [6.07, 6.45) is 13.3. The topological polar surface area (TPSA) is 74.6 Å². The Morgan fingerprint density at radius 3 is 1.68 bits per heavy atom. The Hall–Kier alpha value is -0.521. The average molecular weight is 461 g/mol. The molecule has 0 rings (SSSR count). The third-order valence-electron chi connectivity index (χ3n) is 3.79. The Morgan fingerprint density at radius 2 is 1.24 bits per heavy atom. The summed E-state index contributed by atoms with van der Waals surface area (Å²) < 4.78 is 3.25. The van der Waals surface area contributed by atoms with Crippen LogP contribution in [0.3, 0.4) is 0 Å². The van der Waals surface area contributed by atoms with Gasteiger partial charge in [0.2, 0.25) is 0 Å². The van der Waals surface area contributed by atoms with Crippen molar-refractivity contribution in [2.24, 2.45) is 0 Å². The molecule has 0 bridgehead atoms. The zero-order chi connectivity index (χ0) is 19.3. The number of hydrogen-bond acceptors (Lipinski definition) is 2. The molecule has 0 aliphatic rings. The predicted octanol–water partition coefficient (Wildman–Crippen LogP) is 5.96. The van der Waals surface area contributed by atoms with E-state index in [1.165, 1.54) is 44.9 Å². The molecule has 0 aromatic carbocycles. The van der Waals surface area contributed by atoms with E-state index in [4.69, 9.17) is 10.2 Å². The summed E-state index contributed by atoms with van der Waals surface area (Å²) in [5.41, 5.74) is -0.0111. The summed E-state index contributed by atoms with van der Waals surface area (Å²) in [6, 6.07) is 0. The van der Waals surface area contributed by atoms with E-state index >= 15 is 0 Å². The minimum absolute atomic E-state index is 0.0111. The molecule has 0 aliphatic carbocycles. The Kier molecular flexibility index (Phi) is 23.0. The second-order valence-corrected chi connectivity index (χ2v) is 10.6. The summed E-state index contributed by atoms with van der Waals surface area (Å²) in [6.45, 7) is 6.72. The summed E-state index contributed by atoms with van der Waals surface area (Å²) in [5, 5.41) is 17.2. The average Bonchev–Trinajstić information content (AvgIpc) is 2.57. The monoisotopic (exact) mass is 462 g/mol. The SMILES string of the molecule is CCCCCCCC/C(=C/C(=O)O)C(=O)O.CCC[CH2][Sn][CH2]CCC. The van der Waals surface area contributed by atoms with Gasteiger partial charge in [-0.3, -0.25) is 0 Å². The molecule has 2 N–H and O–H groups in total. The van der Waals surface area contributed by atoms with Crippen molar-refractivity contribution in [3.63, 3.8) is 0 Å². The molecule has 25 heavy (non-hydrogen) atoms. The first-order valence-electron chi connectivity index (χ1n) is 9.86. The zero-order valence-electron chi connectivity index (χ0n) is 16.5. The molecule has 146 valence electrons. The van der Waals surface area contributed by atoms with Crippen molar-refractivity contribution in [1.29, 1.82) is 0 Å². The van der Waals surface area contributed by atoms with E-state index in [0.29, 0.717) is 6.42 Å². The van der Waals surface area contributed by atoms with Crippen molar-refractivity contribution in [2.45, 2.75) is 100 Å². The van der Waals surface area contributed by atoms with E-state index < -0.39 is 11.9 Å². The zero-order valence-corrected chi connectivity index (χ0v) is 19.3. The van der Waals surface area contributed by atoms with Crippen LogP contribution in [0.4, 0.5) is 0 Å².